The van der Waals surface area contributed by atoms with E-state index in [0.717, 1.165) is 38.5 Å². The van der Waals surface area contributed by atoms with Gasteiger partial charge in [-0.3, -0.25) is 0 Å². The van der Waals surface area contributed by atoms with Crippen LogP contribution in [0.3, 0.4) is 0 Å². The summed E-state index contributed by atoms with van der Waals surface area (Å²) in [4.78, 5) is 2.85. The molecule has 4 atom stereocenters. The van der Waals surface area contributed by atoms with E-state index >= 15 is 0 Å². The van der Waals surface area contributed by atoms with E-state index in [-0.39, 0.29) is 5.41 Å². The van der Waals surface area contributed by atoms with Crippen molar-refractivity contribution in [3.8, 4) is 0 Å². The molecule has 0 spiro atoms. The van der Waals surface area contributed by atoms with E-state index in [9.17, 15) is 0 Å². The molecular weight excluding hydrogens is 581 g/mol. The molecule has 0 radical (unpaired) electrons. The van der Waals surface area contributed by atoms with Crippen LogP contribution in [0.15, 0.2) is 120 Å². The molecule has 2 aromatic carbocycles. The fourth-order valence-corrected chi connectivity index (χ4v) is 10.6. The summed E-state index contributed by atoms with van der Waals surface area (Å²) in [5.41, 5.74) is 16.6. The Bertz CT molecular complexity index is 2110. The number of hydrogen-bond donors (Lipinski definition) is 0. The van der Waals surface area contributed by atoms with Gasteiger partial charge in [0.05, 0.1) is 11.6 Å². The van der Waals surface area contributed by atoms with Crippen LogP contribution in [0.2, 0.25) is 0 Å². The van der Waals surface area contributed by atoms with Crippen molar-refractivity contribution in [2.75, 3.05) is 0 Å². The standard InChI is InChI=1S/C46H46N2/c1-46(2)40-17-9-6-14-34(40)35-24-22-33(23-25-41(35)46)48-43-19-11-8-16-37(43)39-29-31(21-27-45(39)48)30-20-26-44-38(28-30)36-15-7-10-18-42(36)47(44)32-12-4-3-5-13-32/h3-4,6-7,9,11-12,14-15,17,19-21,25-29,33,35,39,45H,5,8,10,13,16,18,22-24H2,1-2H3/t33?,35?,39?,45-/m0/s1. The minimum atomic E-state index is 0.128. The average Bonchev–Trinajstić information content (AvgIpc) is 3.63. The van der Waals surface area contributed by atoms with Gasteiger partial charge in [0.15, 0.2) is 0 Å². The van der Waals surface area contributed by atoms with Crippen LogP contribution >= 0.6 is 0 Å². The van der Waals surface area contributed by atoms with Crippen LogP contribution in [0.4, 0.5) is 0 Å². The Morgan fingerprint density at radius 2 is 1.73 bits per heavy atom. The van der Waals surface area contributed by atoms with Crippen molar-refractivity contribution in [3.05, 3.63) is 148 Å². The van der Waals surface area contributed by atoms with Gasteiger partial charge >= 0.3 is 0 Å². The molecule has 3 aromatic rings. The highest BCUT2D eigenvalue weighted by Crippen LogP contribution is 2.54. The van der Waals surface area contributed by atoms with Gasteiger partial charge in [0.25, 0.3) is 0 Å². The number of fused-ring (bicyclic) bond motifs is 8. The lowest BCUT2D eigenvalue weighted by Crippen LogP contribution is -2.40. The van der Waals surface area contributed by atoms with E-state index in [1.54, 1.807) is 22.3 Å². The summed E-state index contributed by atoms with van der Waals surface area (Å²) in [6, 6.07) is 17.5. The summed E-state index contributed by atoms with van der Waals surface area (Å²) < 4.78 is 2.58. The molecule has 1 aromatic heterocycles. The minimum absolute atomic E-state index is 0.128. The zero-order valence-electron chi connectivity index (χ0n) is 28.5. The highest BCUT2D eigenvalue weighted by atomic mass is 15.2. The number of hydrogen-bond acceptors (Lipinski definition) is 1. The zero-order chi connectivity index (χ0) is 32.0. The summed E-state index contributed by atoms with van der Waals surface area (Å²) in [7, 11) is 0. The molecular formula is C46H46N2. The quantitative estimate of drug-likeness (QED) is 0.263. The topological polar surface area (TPSA) is 8.17 Å². The van der Waals surface area contributed by atoms with Gasteiger partial charge in [-0.2, -0.15) is 0 Å². The number of benzene rings is 2. The van der Waals surface area contributed by atoms with Gasteiger partial charge in [0.2, 0.25) is 0 Å². The molecule has 6 aliphatic carbocycles. The molecule has 2 heteroatoms. The number of aromatic nitrogens is 1. The predicted octanol–water partition coefficient (Wildman–Crippen LogP) is 11.2. The summed E-state index contributed by atoms with van der Waals surface area (Å²) in [5.74, 6) is 1.02. The highest BCUT2D eigenvalue weighted by Gasteiger charge is 2.46. The van der Waals surface area contributed by atoms with Crippen molar-refractivity contribution < 1.29 is 0 Å². The SMILES string of the molecule is CC1(C)C2=CCC(N3C4=C(CCC=C4)C4C=C(c5ccc6c(c5)c5c(n6C6=CC=CCC6)CCC=C5)C=C[C@@H]43)CCC2c2ccccc21. The zero-order valence-corrected chi connectivity index (χ0v) is 28.5. The van der Waals surface area contributed by atoms with Crippen molar-refractivity contribution in [1.82, 2.24) is 9.47 Å². The second kappa shape index (κ2) is 10.9. The van der Waals surface area contributed by atoms with E-state index in [1.165, 1.54) is 64.0 Å². The molecule has 10 rings (SSSR count). The molecule has 7 aliphatic rings. The molecule has 2 heterocycles. The first-order valence-corrected chi connectivity index (χ1v) is 18.7. The Kier molecular flexibility index (Phi) is 6.49. The molecule has 2 nitrogen and oxygen atoms in total. The van der Waals surface area contributed by atoms with Crippen molar-refractivity contribution in [1.29, 1.82) is 0 Å². The van der Waals surface area contributed by atoms with Crippen molar-refractivity contribution >= 4 is 28.2 Å². The molecule has 0 N–H and O–H groups in total. The summed E-state index contributed by atoms with van der Waals surface area (Å²) in [5, 5.41) is 1.40. The number of nitrogens with zero attached hydrogens (tertiary/aromatic N) is 2. The van der Waals surface area contributed by atoms with Gasteiger partial charge in [-0.1, -0.05) is 104 Å². The molecule has 1 aliphatic heterocycles. The van der Waals surface area contributed by atoms with Crippen LogP contribution in [-0.2, 0) is 11.8 Å². The van der Waals surface area contributed by atoms with Crippen LogP contribution in [0.1, 0.15) is 99.1 Å². The molecule has 3 unspecified atom stereocenters. The van der Waals surface area contributed by atoms with Gasteiger partial charge in [-0.25, -0.2) is 0 Å². The first kappa shape index (κ1) is 28.7. The van der Waals surface area contributed by atoms with Crippen LogP contribution in [0.25, 0.3) is 28.2 Å². The Balaban J connectivity index is 0.993. The Labute approximate surface area is 285 Å². The van der Waals surface area contributed by atoms with Gasteiger partial charge < -0.3 is 9.47 Å². The average molecular weight is 627 g/mol. The van der Waals surface area contributed by atoms with Crippen LogP contribution < -0.4 is 0 Å². The van der Waals surface area contributed by atoms with Crippen molar-refractivity contribution in [2.24, 2.45) is 5.92 Å². The third-order valence-corrected chi connectivity index (χ3v) is 12.8. The molecule has 240 valence electrons. The second-order valence-corrected chi connectivity index (χ2v) is 15.6. The predicted molar refractivity (Wildman–Crippen MR) is 202 cm³/mol. The smallest absolute Gasteiger partial charge is 0.0580 e. The van der Waals surface area contributed by atoms with Gasteiger partial charge in [0.1, 0.15) is 0 Å². The third-order valence-electron chi connectivity index (χ3n) is 12.8. The molecule has 0 saturated heterocycles. The normalized spacial score (nSPS) is 28.0. The molecule has 0 amide bonds. The van der Waals surface area contributed by atoms with Crippen molar-refractivity contribution in [2.45, 2.75) is 95.1 Å². The van der Waals surface area contributed by atoms with E-state index < -0.39 is 0 Å². The van der Waals surface area contributed by atoms with Crippen molar-refractivity contribution in [3.63, 3.8) is 0 Å². The summed E-state index contributed by atoms with van der Waals surface area (Å²) in [6.45, 7) is 4.90. The minimum Gasteiger partial charge on any atom is -0.361 e. The lowest BCUT2D eigenvalue weighted by molar-refractivity contribution is 0.211. The maximum Gasteiger partial charge on any atom is 0.0580 e. The van der Waals surface area contributed by atoms with Crippen LogP contribution in [-0.4, -0.2) is 21.6 Å². The Morgan fingerprint density at radius 1 is 0.854 bits per heavy atom. The number of allylic oxidation sites excluding steroid dienone is 10. The third kappa shape index (κ3) is 4.17. The molecule has 0 bridgehead atoms. The Morgan fingerprint density at radius 3 is 2.65 bits per heavy atom. The largest absolute Gasteiger partial charge is 0.361 e. The van der Waals surface area contributed by atoms with E-state index in [4.69, 9.17) is 0 Å². The van der Waals surface area contributed by atoms with Gasteiger partial charge in [-0.15, -0.1) is 0 Å². The fraction of sp³-hybridized carbons (Fsp3) is 0.348. The lowest BCUT2D eigenvalue weighted by Gasteiger charge is -2.37. The first-order valence-electron chi connectivity index (χ1n) is 18.7. The lowest BCUT2D eigenvalue weighted by atomic mass is 9.80. The summed E-state index contributed by atoms with van der Waals surface area (Å²) >= 11 is 0. The maximum atomic E-state index is 2.85. The first-order chi connectivity index (χ1) is 23.6. The summed E-state index contributed by atoms with van der Waals surface area (Å²) in [6.07, 6.45) is 37.3. The number of rotatable bonds is 3. The van der Waals surface area contributed by atoms with Crippen LogP contribution in [0.5, 0.6) is 0 Å². The van der Waals surface area contributed by atoms with Gasteiger partial charge in [-0.05, 0) is 110 Å². The molecule has 0 fully saturated rings. The monoisotopic (exact) mass is 626 g/mol. The van der Waals surface area contributed by atoms with E-state index in [2.05, 4.69) is 133 Å². The highest BCUT2D eigenvalue weighted by molar-refractivity contribution is 5.97. The molecule has 48 heavy (non-hydrogen) atoms. The Hall–Kier alpha value is -4.30. The maximum absolute atomic E-state index is 2.85. The van der Waals surface area contributed by atoms with E-state index in [1.807, 2.05) is 0 Å². The second-order valence-electron chi connectivity index (χ2n) is 15.6. The molecule has 0 saturated carbocycles. The van der Waals surface area contributed by atoms with Crippen LogP contribution in [0, 0.1) is 5.92 Å². The fourth-order valence-electron chi connectivity index (χ4n) is 10.6. The van der Waals surface area contributed by atoms with E-state index in [0.29, 0.717) is 23.9 Å². The van der Waals surface area contributed by atoms with Gasteiger partial charge in [0, 0.05) is 51.3 Å².